The van der Waals surface area contributed by atoms with E-state index in [4.69, 9.17) is 4.74 Å². The van der Waals surface area contributed by atoms with Crippen LogP contribution in [0.1, 0.15) is 30.2 Å². The topological polar surface area (TPSA) is 21.3 Å². The fourth-order valence-electron chi connectivity index (χ4n) is 2.27. The van der Waals surface area contributed by atoms with Crippen LogP contribution in [0.2, 0.25) is 0 Å². The Balaban J connectivity index is 1.68. The second-order valence-corrected chi connectivity index (χ2v) is 5.54. The van der Waals surface area contributed by atoms with Crippen molar-refractivity contribution in [3.8, 4) is 0 Å². The Labute approximate surface area is 94.6 Å². The maximum atomic E-state index is 5.42. The fraction of sp³-hybridized carbons (Fsp3) is 0.667. The summed E-state index contributed by atoms with van der Waals surface area (Å²) in [7, 11) is 0. The molecule has 3 heteroatoms. The van der Waals surface area contributed by atoms with Crippen LogP contribution >= 0.6 is 11.3 Å². The lowest BCUT2D eigenvalue weighted by molar-refractivity contribution is 0.187. The molecular weight excluding hydrogens is 206 g/mol. The van der Waals surface area contributed by atoms with E-state index in [1.54, 1.807) is 0 Å². The number of ether oxygens (including phenoxy) is 1. The van der Waals surface area contributed by atoms with Gasteiger partial charge in [0, 0.05) is 23.6 Å². The van der Waals surface area contributed by atoms with Gasteiger partial charge in [-0.1, -0.05) is 6.07 Å². The van der Waals surface area contributed by atoms with E-state index < -0.39 is 0 Å². The van der Waals surface area contributed by atoms with Crippen molar-refractivity contribution in [1.82, 2.24) is 5.32 Å². The van der Waals surface area contributed by atoms with E-state index in [-0.39, 0.29) is 0 Å². The molecule has 0 aromatic carbocycles. The lowest BCUT2D eigenvalue weighted by Crippen LogP contribution is -2.33. The van der Waals surface area contributed by atoms with Crippen LogP contribution in [0.25, 0.3) is 0 Å². The van der Waals surface area contributed by atoms with Crippen LogP contribution < -0.4 is 5.32 Å². The number of hydrogen-bond donors (Lipinski definition) is 1. The van der Waals surface area contributed by atoms with E-state index in [0.717, 1.165) is 19.1 Å². The number of nitrogens with one attached hydrogen (secondary N) is 1. The summed E-state index contributed by atoms with van der Waals surface area (Å²) in [5.41, 5.74) is 0. The standard InChI is InChI=1S/C12H17NOS/c1-2-11(15-7-1)12(9-3-4-9)13-10-5-6-14-8-10/h1-2,7,9-10,12-13H,3-6,8H2. The van der Waals surface area contributed by atoms with Gasteiger partial charge in [0.25, 0.3) is 0 Å². The molecule has 2 atom stereocenters. The lowest BCUT2D eigenvalue weighted by atomic mass is 10.1. The first kappa shape index (κ1) is 9.82. The van der Waals surface area contributed by atoms with Gasteiger partial charge in [-0.15, -0.1) is 11.3 Å². The molecule has 1 saturated carbocycles. The van der Waals surface area contributed by atoms with Crippen molar-refractivity contribution in [3.63, 3.8) is 0 Å². The summed E-state index contributed by atoms with van der Waals surface area (Å²) in [5, 5.41) is 5.94. The number of thiophene rings is 1. The molecule has 2 heterocycles. The van der Waals surface area contributed by atoms with Gasteiger partial charge in [-0.25, -0.2) is 0 Å². The molecule has 2 fully saturated rings. The average Bonchev–Trinajstić information content (AvgIpc) is 2.78. The largest absolute Gasteiger partial charge is 0.380 e. The molecule has 1 aromatic rings. The highest BCUT2D eigenvalue weighted by atomic mass is 32.1. The quantitative estimate of drug-likeness (QED) is 0.847. The van der Waals surface area contributed by atoms with Crippen molar-refractivity contribution in [3.05, 3.63) is 22.4 Å². The van der Waals surface area contributed by atoms with Gasteiger partial charge < -0.3 is 10.1 Å². The molecule has 0 amide bonds. The molecule has 0 spiro atoms. The van der Waals surface area contributed by atoms with Gasteiger partial charge in [-0.3, -0.25) is 0 Å². The third-order valence-electron chi connectivity index (χ3n) is 3.29. The van der Waals surface area contributed by atoms with Gasteiger partial charge in [-0.2, -0.15) is 0 Å². The van der Waals surface area contributed by atoms with E-state index in [9.17, 15) is 0 Å². The minimum absolute atomic E-state index is 0.581. The maximum absolute atomic E-state index is 5.42. The molecular formula is C12H17NOS. The van der Waals surface area contributed by atoms with Crippen molar-refractivity contribution >= 4 is 11.3 Å². The van der Waals surface area contributed by atoms with Crippen molar-refractivity contribution < 1.29 is 4.74 Å². The highest BCUT2D eigenvalue weighted by molar-refractivity contribution is 7.10. The second-order valence-electron chi connectivity index (χ2n) is 4.56. The molecule has 2 unspecified atom stereocenters. The summed E-state index contributed by atoms with van der Waals surface area (Å²) in [6.45, 7) is 1.83. The molecule has 2 aliphatic rings. The molecule has 0 bridgehead atoms. The summed E-state index contributed by atoms with van der Waals surface area (Å²) in [6.07, 6.45) is 3.96. The highest BCUT2D eigenvalue weighted by Gasteiger charge is 2.34. The highest BCUT2D eigenvalue weighted by Crippen LogP contribution is 2.42. The molecule has 1 aliphatic heterocycles. The van der Waals surface area contributed by atoms with Crippen molar-refractivity contribution in [2.75, 3.05) is 13.2 Å². The summed E-state index contributed by atoms with van der Waals surface area (Å²) < 4.78 is 5.42. The Morgan fingerprint density at radius 1 is 1.40 bits per heavy atom. The summed E-state index contributed by atoms with van der Waals surface area (Å²) in [4.78, 5) is 1.50. The van der Waals surface area contributed by atoms with E-state index in [2.05, 4.69) is 22.8 Å². The van der Waals surface area contributed by atoms with Gasteiger partial charge in [0.2, 0.25) is 0 Å². The Bertz CT molecular complexity index is 301. The van der Waals surface area contributed by atoms with Crippen LogP contribution in [0.5, 0.6) is 0 Å². The summed E-state index contributed by atoms with van der Waals surface area (Å²) in [5.74, 6) is 0.879. The molecule has 82 valence electrons. The van der Waals surface area contributed by atoms with E-state index in [0.29, 0.717) is 12.1 Å². The van der Waals surface area contributed by atoms with Crippen LogP contribution in [-0.4, -0.2) is 19.3 Å². The third kappa shape index (κ3) is 2.25. The van der Waals surface area contributed by atoms with E-state index in [1.807, 2.05) is 11.3 Å². The Hall–Kier alpha value is -0.380. The normalized spacial score (nSPS) is 28.1. The van der Waals surface area contributed by atoms with Crippen molar-refractivity contribution in [1.29, 1.82) is 0 Å². The van der Waals surface area contributed by atoms with E-state index >= 15 is 0 Å². The lowest BCUT2D eigenvalue weighted by Gasteiger charge is -2.20. The van der Waals surface area contributed by atoms with Crippen LogP contribution in [0, 0.1) is 5.92 Å². The minimum atomic E-state index is 0.581. The van der Waals surface area contributed by atoms with Crippen LogP contribution in [0.4, 0.5) is 0 Å². The zero-order valence-electron chi connectivity index (χ0n) is 8.82. The first-order valence-electron chi connectivity index (χ1n) is 5.80. The Kier molecular flexibility index (Phi) is 2.77. The SMILES string of the molecule is c1csc(C(NC2CCOC2)C2CC2)c1. The van der Waals surface area contributed by atoms with Gasteiger partial charge in [0.15, 0.2) is 0 Å². The second kappa shape index (κ2) is 4.24. The molecule has 1 aromatic heterocycles. The Morgan fingerprint density at radius 2 is 2.33 bits per heavy atom. The van der Waals surface area contributed by atoms with Gasteiger partial charge in [0.1, 0.15) is 0 Å². The number of rotatable bonds is 4. The van der Waals surface area contributed by atoms with Crippen LogP contribution in [0.3, 0.4) is 0 Å². The summed E-state index contributed by atoms with van der Waals surface area (Å²) >= 11 is 1.88. The van der Waals surface area contributed by atoms with Gasteiger partial charge >= 0.3 is 0 Å². The monoisotopic (exact) mass is 223 g/mol. The van der Waals surface area contributed by atoms with Gasteiger partial charge in [-0.05, 0) is 36.6 Å². The zero-order chi connectivity index (χ0) is 10.1. The van der Waals surface area contributed by atoms with Crippen LogP contribution in [-0.2, 0) is 4.74 Å². The molecule has 3 rings (SSSR count). The van der Waals surface area contributed by atoms with E-state index in [1.165, 1.54) is 24.1 Å². The molecule has 0 radical (unpaired) electrons. The average molecular weight is 223 g/mol. The zero-order valence-corrected chi connectivity index (χ0v) is 9.63. The molecule has 1 N–H and O–H groups in total. The van der Waals surface area contributed by atoms with Gasteiger partial charge in [0.05, 0.1) is 6.61 Å². The molecule has 1 saturated heterocycles. The molecule has 2 nitrogen and oxygen atoms in total. The summed E-state index contributed by atoms with van der Waals surface area (Å²) in [6, 6.07) is 5.59. The predicted octanol–water partition coefficient (Wildman–Crippen LogP) is 2.58. The van der Waals surface area contributed by atoms with Crippen LogP contribution in [0.15, 0.2) is 17.5 Å². The molecule has 1 aliphatic carbocycles. The van der Waals surface area contributed by atoms with Crippen molar-refractivity contribution in [2.45, 2.75) is 31.3 Å². The van der Waals surface area contributed by atoms with Crippen molar-refractivity contribution in [2.24, 2.45) is 5.92 Å². The number of hydrogen-bond acceptors (Lipinski definition) is 3. The predicted molar refractivity (Wildman–Crippen MR) is 62.1 cm³/mol. The Morgan fingerprint density at radius 3 is 2.93 bits per heavy atom. The maximum Gasteiger partial charge on any atom is 0.0620 e. The fourth-order valence-corrected chi connectivity index (χ4v) is 3.15. The first-order valence-corrected chi connectivity index (χ1v) is 6.68. The third-order valence-corrected chi connectivity index (χ3v) is 4.24. The first-order chi connectivity index (χ1) is 7.43. The smallest absolute Gasteiger partial charge is 0.0620 e. The molecule has 15 heavy (non-hydrogen) atoms. The minimum Gasteiger partial charge on any atom is -0.380 e.